The lowest BCUT2D eigenvalue weighted by Crippen LogP contribution is -2.28. The first-order chi connectivity index (χ1) is 16.6. The van der Waals surface area contributed by atoms with Crippen LogP contribution in [0.3, 0.4) is 0 Å². The molecular formula is C25H22ClN5O2S. The van der Waals surface area contributed by atoms with Crippen molar-refractivity contribution in [3.63, 3.8) is 0 Å². The minimum atomic E-state index is -0.294. The maximum Gasteiger partial charge on any atom is 0.253 e. The molecule has 9 heteroatoms. The molecule has 1 unspecified atom stereocenters. The van der Waals surface area contributed by atoms with Crippen LogP contribution in [0.5, 0.6) is 0 Å². The van der Waals surface area contributed by atoms with Gasteiger partial charge in [-0.05, 0) is 36.8 Å². The molecule has 0 bridgehead atoms. The normalized spacial score (nSPS) is 15.5. The molecule has 2 aromatic heterocycles. The Kier molecular flexibility index (Phi) is 6.51. The van der Waals surface area contributed by atoms with Crippen LogP contribution in [0.15, 0.2) is 87.7 Å². The lowest BCUT2D eigenvalue weighted by molar-refractivity contribution is -0.130. The maximum absolute atomic E-state index is 13.3. The van der Waals surface area contributed by atoms with Crippen LogP contribution in [-0.4, -0.2) is 37.1 Å². The molecule has 4 aromatic rings. The van der Waals surface area contributed by atoms with Gasteiger partial charge in [0.2, 0.25) is 0 Å². The predicted molar refractivity (Wildman–Crippen MR) is 133 cm³/mol. The average Bonchev–Trinajstić information content (AvgIpc) is 3.63. The molecule has 1 amide bonds. The zero-order chi connectivity index (χ0) is 23.5. The first-order valence-corrected chi connectivity index (χ1v) is 12.3. The van der Waals surface area contributed by atoms with Crippen LogP contribution in [-0.2, 0) is 11.3 Å². The van der Waals surface area contributed by atoms with Crippen LogP contribution < -0.4 is 0 Å². The number of benzene rings is 2. The van der Waals surface area contributed by atoms with Gasteiger partial charge in [-0.15, -0.1) is 10.2 Å². The highest BCUT2D eigenvalue weighted by Gasteiger charge is 2.35. The van der Waals surface area contributed by atoms with E-state index < -0.39 is 0 Å². The van der Waals surface area contributed by atoms with Crippen molar-refractivity contribution in [1.82, 2.24) is 19.8 Å². The van der Waals surface area contributed by atoms with Gasteiger partial charge in [0.15, 0.2) is 11.0 Å². The van der Waals surface area contributed by atoms with Crippen LogP contribution in [0, 0.1) is 0 Å². The summed E-state index contributed by atoms with van der Waals surface area (Å²) in [4.78, 5) is 13.3. The Morgan fingerprint density at radius 2 is 1.85 bits per heavy atom. The molecule has 0 N–H and O–H groups in total. The fraction of sp³-hybridized carbons (Fsp3) is 0.200. The summed E-state index contributed by atoms with van der Waals surface area (Å²) in [6, 6.07) is 20.8. The summed E-state index contributed by atoms with van der Waals surface area (Å²) in [5.41, 5.74) is 2.74. The van der Waals surface area contributed by atoms with Crippen LogP contribution >= 0.6 is 23.4 Å². The van der Waals surface area contributed by atoms with Gasteiger partial charge in [0.1, 0.15) is 11.8 Å². The monoisotopic (exact) mass is 491 g/mol. The van der Waals surface area contributed by atoms with E-state index in [9.17, 15) is 4.79 Å². The molecule has 2 aromatic carbocycles. The second-order valence-corrected chi connectivity index (χ2v) is 9.11. The summed E-state index contributed by atoms with van der Waals surface area (Å²) in [7, 11) is 0. The number of carbonyl (C=O) groups is 1. The minimum Gasteiger partial charge on any atom is -0.467 e. The third kappa shape index (κ3) is 4.51. The Morgan fingerprint density at radius 1 is 1.06 bits per heavy atom. The molecular weight excluding hydrogens is 470 g/mol. The van der Waals surface area contributed by atoms with Crippen LogP contribution in [0.4, 0.5) is 0 Å². The zero-order valence-electron chi connectivity index (χ0n) is 18.5. The molecule has 172 valence electrons. The Balaban J connectivity index is 1.36. The number of thioether (sulfide) groups is 1. The van der Waals surface area contributed by atoms with Crippen molar-refractivity contribution in [1.29, 1.82) is 0 Å². The van der Waals surface area contributed by atoms with E-state index in [0.29, 0.717) is 28.9 Å². The van der Waals surface area contributed by atoms with Gasteiger partial charge in [-0.2, -0.15) is 5.10 Å². The number of nitrogens with zero attached hydrogens (tertiary/aromatic N) is 5. The van der Waals surface area contributed by atoms with E-state index in [0.717, 1.165) is 22.7 Å². The number of rotatable bonds is 7. The van der Waals surface area contributed by atoms with Crippen LogP contribution in [0.2, 0.25) is 5.02 Å². The molecule has 7 nitrogen and oxygen atoms in total. The quantitative estimate of drug-likeness (QED) is 0.311. The SMILES string of the molecule is CCn1c(SCC(=O)N2N=C(c3ccc(Cl)cc3)CC2c2ccco2)nnc1-c1ccccc1. The molecule has 1 aliphatic heterocycles. The van der Waals surface area contributed by atoms with Gasteiger partial charge in [0, 0.05) is 23.6 Å². The fourth-order valence-electron chi connectivity index (χ4n) is 3.93. The van der Waals surface area contributed by atoms with Crippen molar-refractivity contribution in [3.05, 3.63) is 89.3 Å². The number of halogens is 1. The molecule has 0 aliphatic carbocycles. The van der Waals surface area contributed by atoms with E-state index in [-0.39, 0.29) is 17.7 Å². The van der Waals surface area contributed by atoms with Gasteiger partial charge in [0.05, 0.1) is 17.7 Å². The second kappa shape index (κ2) is 9.87. The molecule has 1 aliphatic rings. The molecule has 1 atom stereocenters. The smallest absolute Gasteiger partial charge is 0.253 e. The third-order valence-electron chi connectivity index (χ3n) is 5.60. The predicted octanol–water partition coefficient (Wildman–Crippen LogP) is 5.68. The summed E-state index contributed by atoms with van der Waals surface area (Å²) in [6.07, 6.45) is 2.18. The maximum atomic E-state index is 13.3. The van der Waals surface area contributed by atoms with E-state index in [1.165, 1.54) is 16.8 Å². The lowest BCUT2D eigenvalue weighted by atomic mass is 10.0. The highest BCUT2D eigenvalue weighted by Crippen LogP contribution is 2.34. The molecule has 0 fully saturated rings. The summed E-state index contributed by atoms with van der Waals surface area (Å²) in [5.74, 6) is 1.55. The average molecular weight is 492 g/mol. The van der Waals surface area contributed by atoms with Crippen molar-refractivity contribution in [2.24, 2.45) is 5.10 Å². The van der Waals surface area contributed by atoms with E-state index in [1.807, 2.05) is 78.2 Å². The summed E-state index contributed by atoms with van der Waals surface area (Å²) >= 11 is 7.40. The van der Waals surface area contributed by atoms with Crippen molar-refractivity contribution in [3.8, 4) is 11.4 Å². The van der Waals surface area contributed by atoms with Gasteiger partial charge in [-0.25, -0.2) is 5.01 Å². The van der Waals surface area contributed by atoms with Crippen molar-refractivity contribution in [2.75, 3.05) is 5.75 Å². The molecule has 34 heavy (non-hydrogen) atoms. The minimum absolute atomic E-state index is 0.123. The number of carbonyl (C=O) groups excluding carboxylic acids is 1. The van der Waals surface area contributed by atoms with E-state index in [1.54, 1.807) is 6.26 Å². The van der Waals surface area contributed by atoms with Crippen molar-refractivity contribution < 1.29 is 9.21 Å². The van der Waals surface area contributed by atoms with E-state index >= 15 is 0 Å². The number of hydrazone groups is 1. The molecule has 0 saturated carbocycles. The first-order valence-electron chi connectivity index (χ1n) is 10.9. The number of furan rings is 1. The number of amides is 1. The zero-order valence-corrected chi connectivity index (χ0v) is 20.0. The summed E-state index contributed by atoms with van der Waals surface area (Å²) in [6.45, 7) is 2.74. The molecule has 0 spiro atoms. The number of hydrogen-bond acceptors (Lipinski definition) is 6. The van der Waals surface area contributed by atoms with E-state index in [4.69, 9.17) is 16.0 Å². The Hall–Kier alpha value is -3.36. The van der Waals surface area contributed by atoms with Gasteiger partial charge < -0.3 is 8.98 Å². The fourth-order valence-corrected chi connectivity index (χ4v) is 4.91. The highest BCUT2D eigenvalue weighted by molar-refractivity contribution is 7.99. The molecule has 0 saturated heterocycles. The van der Waals surface area contributed by atoms with Crippen LogP contribution in [0.1, 0.15) is 30.7 Å². The Labute approximate surface area is 206 Å². The van der Waals surface area contributed by atoms with Gasteiger partial charge in [-0.3, -0.25) is 4.79 Å². The first kappa shape index (κ1) is 22.4. The lowest BCUT2D eigenvalue weighted by Gasteiger charge is -2.19. The van der Waals surface area contributed by atoms with Gasteiger partial charge in [0.25, 0.3) is 5.91 Å². The standard InChI is InChI=1S/C25H22ClN5O2S/c1-2-30-24(18-7-4-3-5-8-18)27-28-25(30)34-16-23(32)31-21(22-9-6-14-33-22)15-20(29-31)17-10-12-19(26)13-11-17/h3-14,21H,2,15-16H2,1H3. The van der Waals surface area contributed by atoms with E-state index in [2.05, 4.69) is 15.3 Å². The molecule has 3 heterocycles. The largest absolute Gasteiger partial charge is 0.467 e. The topological polar surface area (TPSA) is 76.5 Å². The number of aromatic nitrogens is 3. The number of hydrogen-bond donors (Lipinski definition) is 0. The Morgan fingerprint density at radius 3 is 2.56 bits per heavy atom. The molecule has 5 rings (SSSR count). The summed E-state index contributed by atoms with van der Waals surface area (Å²) < 4.78 is 7.65. The molecule has 0 radical (unpaired) electrons. The second-order valence-electron chi connectivity index (χ2n) is 7.73. The van der Waals surface area contributed by atoms with Crippen molar-refractivity contribution >= 4 is 35.0 Å². The third-order valence-corrected chi connectivity index (χ3v) is 6.81. The Bertz CT molecular complexity index is 1300. The van der Waals surface area contributed by atoms with Gasteiger partial charge >= 0.3 is 0 Å². The highest BCUT2D eigenvalue weighted by atomic mass is 35.5. The summed E-state index contributed by atoms with van der Waals surface area (Å²) in [5, 5.41) is 16.3. The van der Waals surface area contributed by atoms with Crippen molar-refractivity contribution in [2.45, 2.75) is 31.1 Å². The van der Waals surface area contributed by atoms with Gasteiger partial charge in [-0.1, -0.05) is 65.8 Å². The van der Waals surface area contributed by atoms with Crippen LogP contribution in [0.25, 0.3) is 11.4 Å².